The number of aromatic nitrogens is 1. The van der Waals surface area contributed by atoms with Crippen molar-refractivity contribution < 1.29 is 9.90 Å². The van der Waals surface area contributed by atoms with Crippen LogP contribution < -0.4 is 5.32 Å². The summed E-state index contributed by atoms with van der Waals surface area (Å²) in [5, 5.41) is 11.7. The van der Waals surface area contributed by atoms with E-state index < -0.39 is 0 Å². The molecule has 0 radical (unpaired) electrons. The van der Waals surface area contributed by atoms with E-state index in [0.717, 1.165) is 5.56 Å². The molecule has 0 aliphatic heterocycles. The number of hydrogen-bond acceptors (Lipinski definition) is 3. The molecular weight excluding hydrogens is 180 g/mol. The van der Waals surface area contributed by atoms with Gasteiger partial charge in [0.2, 0.25) is 5.91 Å². The summed E-state index contributed by atoms with van der Waals surface area (Å²) in [6.07, 6.45) is 6.57. The highest BCUT2D eigenvalue weighted by Crippen LogP contribution is 2.09. The maximum absolute atomic E-state index is 10.5. The molecule has 0 aliphatic carbocycles. The van der Waals surface area contributed by atoms with Crippen LogP contribution in [0.25, 0.3) is 6.08 Å². The lowest BCUT2D eigenvalue weighted by Gasteiger charge is -1.95. The largest absolute Gasteiger partial charge is 0.506 e. The number of rotatable bonds is 3. The van der Waals surface area contributed by atoms with Crippen LogP contribution in [0.1, 0.15) is 12.5 Å². The number of carbonyl (C=O) groups excluding carboxylic acids is 1. The van der Waals surface area contributed by atoms with Crippen LogP contribution in [-0.2, 0) is 4.79 Å². The minimum Gasteiger partial charge on any atom is -0.506 e. The Bertz CT molecular complexity index is 348. The van der Waals surface area contributed by atoms with E-state index in [1.807, 2.05) is 0 Å². The molecule has 0 saturated heterocycles. The van der Waals surface area contributed by atoms with Crippen LogP contribution in [-0.4, -0.2) is 22.5 Å². The average Bonchev–Trinajstić information content (AvgIpc) is 2.12. The molecule has 0 bridgehead atoms. The zero-order valence-corrected chi connectivity index (χ0v) is 7.90. The molecule has 0 spiro atoms. The fourth-order valence-electron chi connectivity index (χ4n) is 0.934. The molecule has 1 rings (SSSR count). The SMILES string of the molecule is CC(=O)NCC=Cc1cncc(O)c1. The molecule has 1 aromatic rings. The Balaban J connectivity index is 2.47. The van der Waals surface area contributed by atoms with Crippen LogP contribution in [0.5, 0.6) is 5.75 Å². The van der Waals surface area contributed by atoms with Crippen LogP contribution in [0.2, 0.25) is 0 Å². The number of nitrogens with one attached hydrogen (secondary N) is 1. The van der Waals surface area contributed by atoms with Crippen molar-refractivity contribution in [2.24, 2.45) is 0 Å². The second-order valence-corrected chi connectivity index (χ2v) is 2.82. The van der Waals surface area contributed by atoms with E-state index in [1.165, 1.54) is 13.1 Å². The minimum absolute atomic E-state index is 0.0660. The molecule has 1 heterocycles. The Morgan fingerprint density at radius 2 is 2.43 bits per heavy atom. The van der Waals surface area contributed by atoms with Crippen molar-refractivity contribution in [1.29, 1.82) is 0 Å². The highest BCUT2D eigenvalue weighted by atomic mass is 16.3. The van der Waals surface area contributed by atoms with E-state index in [4.69, 9.17) is 5.11 Å². The van der Waals surface area contributed by atoms with Crippen LogP contribution in [0.4, 0.5) is 0 Å². The van der Waals surface area contributed by atoms with Gasteiger partial charge in [0.1, 0.15) is 5.75 Å². The molecule has 0 unspecified atom stereocenters. The molecule has 2 N–H and O–H groups in total. The van der Waals surface area contributed by atoms with Gasteiger partial charge in [-0.05, 0) is 11.6 Å². The van der Waals surface area contributed by atoms with Crippen LogP contribution >= 0.6 is 0 Å². The Hall–Kier alpha value is -1.84. The maximum atomic E-state index is 10.5. The highest BCUT2D eigenvalue weighted by molar-refractivity contribution is 5.73. The molecular formula is C10H12N2O2. The van der Waals surface area contributed by atoms with Gasteiger partial charge in [-0.1, -0.05) is 12.2 Å². The summed E-state index contributed by atoms with van der Waals surface area (Å²) in [6, 6.07) is 1.59. The fraction of sp³-hybridized carbons (Fsp3) is 0.200. The Morgan fingerprint density at radius 1 is 1.64 bits per heavy atom. The summed E-state index contributed by atoms with van der Waals surface area (Å²) >= 11 is 0. The molecule has 1 aromatic heterocycles. The molecule has 0 aliphatic rings. The molecule has 0 saturated carbocycles. The van der Waals surface area contributed by atoms with Crippen molar-refractivity contribution in [2.45, 2.75) is 6.92 Å². The monoisotopic (exact) mass is 192 g/mol. The summed E-state index contributed by atoms with van der Waals surface area (Å²) in [5.41, 5.74) is 0.801. The molecule has 1 amide bonds. The van der Waals surface area contributed by atoms with Gasteiger partial charge < -0.3 is 10.4 Å². The molecule has 74 valence electrons. The second-order valence-electron chi connectivity index (χ2n) is 2.82. The molecule has 0 atom stereocenters. The number of hydrogen-bond donors (Lipinski definition) is 2. The number of amides is 1. The van der Waals surface area contributed by atoms with Crippen molar-refractivity contribution in [2.75, 3.05) is 6.54 Å². The van der Waals surface area contributed by atoms with Crippen molar-refractivity contribution in [1.82, 2.24) is 10.3 Å². The normalized spacial score (nSPS) is 10.4. The standard InChI is InChI=1S/C10H12N2O2/c1-8(13)12-4-2-3-9-5-10(14)7-11-6-9/h2-3,5-7,14H,4H2,1H3,(H,12,13). The van der Waals surface area contributed by atoms with Gasteiger partial charge in [0.05, 0.1) is 6.20 Å². The summed E-state index contributed by atoms with van der Waals surface area (Å²) < 4.78 is 0. The number of aromatic hydroxyl groups is 1. The van der Waals surface area contributed by atoms with E-state index in [9.17, 15) is 4.79 Å². The molecule has 4 nitrogen and oxygen atoms in total. The quantitative estimate of drug-likeness (QED) is 0.749. The zero-order valence-electron chi connectivity index (χ0n) is 7.90. The van der Waals surface area contributed by atoms with E-state index in [2.05, 4.69) is 10.3 Å². The topological polar surface area (TPSA) is 62.2 Å². The first-order chi connectivity index (χ1) is 6.68. The van der Waals surface area contributed by atoms with Gasteiger partial charge in [0, 0.05) is 19.7 Å². The van der Waals surface area contributed by atoms with Gasteiger partial charge in [0.25, 0.3) is 0 Å². The molecule has 4 heteroatoms. The van der Waals surface area contributed by atoms with Gasteiger partial charge in [-0.2, -0.15) is 0 Å². The predicted molar refractivity (Wildman–Crippen MR) is 53.6 cm³/mol. The molecule has 0 fully saturated rings. The van der Waals surface area contributed by atoms with Gasteiger partial charge in [-0.3, -0.25) is 9.78 Å². The van der Waals surface area contributed by atoms with Crippen molar-refractivity contribution >= 4 is 12.0 Å². The van der Waals surface area contributed by atoms with Gasteiger partial charge in [-0.25, -0.2) is 0 Å². The Kier molecular flexibility index (Phi) is 3.67. The van der Waals surface area contributed by atoms with Crippen LogP contribution in [0, 0.1) is 0 Å². The third kappa shape index (κ3) is 3.71. The second kappa shape index (κ2) is 5.01. The number of nitrogens with zero attached hydrogens (tertiary/aromatic N) is 1. The van der Waals surface area contributed by atoms with E-state index in [1.54, 1.807) is 24.4 Å². The lowest BCUT2D eigenvalue weighted by molar-refractivity contribution is -0.118. The predicted octanol–water partition coefficient (Wildman–Crippen LogP) is 0.936. The van der Waals surface area contributed by atoms with Crippen molar-refractivity contribution in [3.63, 3.8) is 0 Å². The van der Waals surface area contributed by atoms with E-state index in [0.29, 0.717) is 6.54 Å². The summed E-state index contributed by atoms with van der Waals surface area (Å²) in [5.74, 6) is 0.0651. The first kappa shape index (κ1) is 10.2. The van der Waals surface area contributed by atoms with Crippen molar-refractivity contribution in [3.05, 3.63) is 30.1 Å². The lowest BCUT2D eigenvalue weighted by Crippen LogP contribution is -2.19. The van der Waals surface area contributed by atoms with E-state index in [-0.39, 0.29) is 11.7 Å². The minimum atomic E-state index is -0.0660. The number of carbonyl (C=O) groups is 1. The van der Waals surface area contributed by atoms with Crippen LogP contribution in [0.15, 0.2) is 24.5 Å². The summed E-state index contributed by atoms with van der Waals surface area (Å²) in [4.78, 5) is 14.3. The molecule has 0 aromatic carbocycles. The first-order valence-corrected chi connectivity index (χ1v) is 4.23. The van der Waals surface area contributed by atoms with Crippen molar-refractivity contribution in [3.8, 4) is 5.75 Å². The summed E-state index contributed by atoms with van der Waals surface area (Å²) in [6.45, 7) is 1.94. The number of pyridine rings is 1. The third-order valence-electron chi connectivity index (χ3n) is 1.52. The third-order valence-corrected chi connectivity index (χ3v) is 1.52. The smallest absolute Gasteiger partial charge is 0.217 e. The highest BCUT2D eigenvalue weighted by Gasteiger charge is 1.90. The zero-order chi connectivity index (χ0) is 10.4. The fourth-order valence-corrected chi connectivity index (χ4v) is 0.934. The van der Waals surface area contributed by atoms with Gasteiger partial charge >= 0.3 is 0 Å². The van der Waals surface area contributed by atoms with Gasteiger partial charge in [0.15, 0.2) is 0 Å². The van der Waals surface area contributed by atoms with Gasteiger partial charge in [-0.15, -0.1) is 0 Å². The summed E-state index contributed by atoms with van der Waals surface area (Å²) in [7, 11) is 0. The van der Waals surface area contributed by atoms with Crippen LogP contribution in [0.3, 0.4) is 0 Å². The van der Waals surface area contributed by atoms with E-state index >= 15 is 0 Å². The average molecular weight is 192 g/mol. The molecule has 14 heavy (non-hydrogen) atoms. The Morgan fingerprint density at radius 3 is 3.07 bits per heavy atom. The lowest BCUT2D eigenvalue weighted by atomic mass is 10.2. The Labute approximate surface area is 82.3 Å². The first-order valence-electron chi connectivity index (χ1n) is 4.23. The maximum Gasteiger partial charge on any atom is 0.217 e.